The first kappa shape index (κ1) is 12.2. The third-order valence-electron chi connectivity index (χ3n) is 3.49. The molecule has 1 fully saturated rings. The van der Waals surface area contributed by atoms with Crippen LogP contribution in [0.25, 0.3) is 10.9 Å². The van der Waals surface area contributed by atoms with Gasteiger partial charge in [-0.3, -0.25) is 0 Å². The Morgan fingerprint density at radius 2 is 2.11 bits per heavy atom. The highest BCUT2D eigenvalue weighted by Gasteiger charge is 2.28. The smallest absolute Gasteiger partial charge is 0.224 e. The van der Waals surface area contributed by atoms with Gasteiger partial charge in [0.15, 0.2) is 0 Å². The number of nitrogens with zero attached hydrogens (tertiary/aromatic N) is 3. The average Bonchev–Trinajstić information content (AvgIpc) is 3.22. The van der Waals surface area contributed by atoms with Crippen LogP contribution >= 0.6 is 0 Å². The van der Waals surface area contributed by atoms with Crippen LogP contribution in [0.2, 0.25) is 0 Å². The molecule has 1 aliphatic rings. The van der Waals surface area contributed by atoms with Gasteiger partial charge in [0.2, 0.25) is 5.88 Å². The van der Waals surface area contributed by atoms with Crippen LogP contribution in [0.1, 0.15) is 24.6 Å². The van der Waals surface area contributed by atoms with Crippen LogP contribution in [0.4, 0.5) is 5.69 Å². The molecule has 2 N–H and O–H groups in total. The van der Waals surface area contributed by atoms with Crippen molar-refractivity contribution in [2.45, 2.75) is 18.8 Å². The molecule has 0 aliphatic heterocycles. The molecule has 3 rings (SSSR count). The number of rotatable bonds is 4. The van der Waals surface area contributed by atoms with Crippen molar-refractivity contribution in [1.82, 2.24) is 9.97 Å². The highest BCUT2D eigenvalue weighted by atomic mass is 16.3. The van der Waals surface area contributed by atoms with Crippen LogP contribution in [-0.4, -0.2) is 40.4 Å². The van der Waals surface area contributed by atoms with E-state index in [0.29, 0.717) is 17.8 Å². The number of anilines is 1. The van der Waals surface area contributed by atoms with Crippen molar-refractivity contribution < 1.29 is 10.2 Å². The van der Waals surface area contributed by atoms with Gasteiger partial charge in [-0.2, -0.15) is 4.98 Å². The monoisotopic (exact) mass is 259 g/mol. The lowest BCUT2D eigenvalue weighted by atomic mass is 10.1. The second-order valence-electron chi connectivity index (χ2n) is 5.00. The molecule has 0 radical (unpaired) electrons. The summed E-state index contributed by atoms with van der Waals surface area (Å²) in [6, 6.07) is 5.70. The lowest BCUT2D eigenvalue weighted by molar-refractivity contribution is 0.304. The van der Waals surface area contributed by atoms with Gasteiger partial charge in [0.1, 0.15) is 5.82 Å². The fourth-order valence-corrected chi connectivity index (χ4v) is 2.28. The molecule has 1 aliphatic carbocycles. The molecule has 1 aromatic carbocycles. The molecule has 1 saturated carbocycles. The Labute approximate surface area is 111 Å². The van der Waals surface area contributed by atoms with Crippen molar-refractivity contribution in [2.75, 3.05) is 25.1 Å². The van der Waals surface area contributed by atoms with E-state index in [1.807, 2.05) is 30.1 Å². The Balaban J connectivity index is 2.13. The predicted molar refractivity (Wildman–Crippen MR) is 73.5 cm³/mol. The van der Waals surface area contributed by atoms with E-state index in [4.69, 9.17) is 5.11 Å². The van der Waals surface area contributed by atoms with E-state index in [2.05, 4.69) is 9.97 Å². The number of aliphatic hydroxyl groups is 1. The molecule has 19 heavy (non-hydrogen) atoms. The van der Waals surface area contributed by atoms with Gasteiger partial charge >= 0.3 is 0 Å². The Bertz CT molecular complexity index is 611. The van der Waals surface area contributed by atoms with Crippen molar-refractivity contribution in [3.63, 3.8) is 0 Å². The third kappa shape index (κ3) is 2.21. The Kier molecular flexibility index (Phi) is 2.98. The minimum atomic E-state index is 0.0345. The molecule has 0 amide bonds. The zero-order chi connectivity index (χ0) is 13.4. The molecular formula is C14H17N3O2. The van der Waals surface area contributed by atoms with Gasteiger partial charge in [0.25, 0.3) is 0 Å². The van der Waals surface area contributed by atoms with E-state index in [-0.39, 0.29) is 12.5 Å². The number of hydrogen-bond acceptors (Lipinski definition) is 5. The highest BCUT2D eigenvalue weighted by molar-refractivity contribution is 5.95. The molecule has 0 saturated heterocycles. The number of likely N-dealkylation sites (N-methyl/N-ethyl adjacent to an activating group) is 1. The molecule has 0 spiro atoms. The summed E-state index contributed by atoms with van der Waals surface area (Å²) in [6.07, 6.45) is 2.21. The summed E-state index contributed by atoms with van der Waals surface area (Å²) in [4.78, 5) is 10.7. The maximum absolute atomic E-state index is 10.2. The average molecular weight is 259 g/mol. The molecule has 2 aromatic rings. The molecule has 1 heterocycles. The fourth-order valence-electron chi connectivity index (χ4n) is 2.28. The molecule has 1 aromatic heterocycles. The standard InChI is InChI=1S/C14H17N3O2/c1-17(7-8-18)11-4-2-3-10-12(11)14(19)16-13(15-10)9-5-6-9/h2-4,9,18H,5-8H2,1H3,(H,15,16,19). The fraction of sp³-hybridized carbons (Fsp3) is 0.429. The number of fused-ring (bicyclic) bond motifs is 1. The van der Waals surface area contributed by atoms with Gasteiger partial charge in [0.05, 0.1) is 23.2 Å². The zero-order valence-electron chi connectivity index (χ0n) is 10.9. The summed E-state index contributed by atoms with van der Waals surface area (Å²) in [5.41, 5.74) is 1.60. The van der Waals surface area contributed by atoms with Crippen LogP contribution in [0, 0.1) is 0 Å². The topological polar surface area (TPSA) is 69.5 Å². The highest BCUT2D eigenvalue weighted by Crippen LogP contribution is 2.40. The van der Waals surface area contributed by atoms with Crippen molar-refractivity contribution in [3.05, 3.63) is 24.0 Å². The SMILES string of the molecule is CN(CCO)c1cccc2nc(C3CC3)nc(O)c12. The van der Waals surface area contributed by atoms with E-state index < -0.39 is 0 Å². The minimum absolute atomic E-state index is 0.0345. The van der Waals surface area contributed by atoms with Gasteiger partial charge in [-0.05, 0) is 25.0 Å². The maximum Gasteiger partial charge on any atom is 0.224 e. The lowest BCUT2D eigenvalue weighted by Gasteiger charge is -2.20. The number of hydrogen-bond donors (Lipinski definition) is 2. The molecule has 5 nitrogen and oxygen atoms in total. The Morgan fingerprint density at radius 1 is 1.32 bits per heavy atom. The van der Waals surface area contributed by atoms with Crippen LogP contribution in [0.15, 0.2) is 18.2 Å². The zero-order valence-corrected chi connectivity index (χ0v) is 10.9. The number of benzene rings is 1. The van der Waals surface area contributed by atoms with E-state index in [1.165, 1.54) is 0 Å². The molecule has 100 valence electrons. The number of aromatic hydroxyl groups is 1. The summed E-state index contributed by atoms with van der Waals surface area (Å²) in [6.45, 7) is 0.567. The summed E-state index contributed by atoms with van der Waals surface area (Å²) in [7, 11) is 1.87. The lowest BCUT2D eigenvalue weighted by Crippen LogP contribution is -2.21. The second-order valence-corrected chi connectivity index (χ2v) is 5.00. The van der Waals surface area contributed by atoms with E-state index in [9.17, 15) is 5.11 Å². The molecule has 0 unspecified atom stereocenters. The minimum Gasteiger partial charge on any atom is -0.493 e. The van der Waals surface area contributed by atoms with Crippen LogP contribution < -0.4 is 4.90 Å². The largest absolute Gasteiger partial charge is 0.493 e. The quantitative estimate of drug-likeness (QED) is 0.873. The summed E-state index contributed by atoms with van der Waals surface area (Å²) in [5.74, 6) is 1.19. The van der Waals surface area contributed by atoms with Crippen LogP contribution in [-0.2, 0) is 0 Å². The maximum atomic E-state index is 10.2. The van der Waals surface area contributed by atoms with E-state index in [0.717, 1.165) is 29.9 Å². The number of aromatic nitrogens is 2. The first-order valence-corrected chi connectivity index (χ1v) is 6.52. The summed E-state index contributed by atoms with van der Waals surface area (Å²) in [5, 5.41) is 19.9. The molecular weight excluding hydrogens is 242 g/mol. The first-order chi connectivity index (χ1) is 9.20. The normalized spacial score (nSPS) is 14.8. The van der Waals surface area contributed by atoms with Gasteiger partial charge in [-0.15, -0.1) is 0 Å². The predicted octanol–water partition coefficient (Wildman–Crippen LogP) is 1.64. The van der Waals surface area contributed by atoms with E-state index in [1.54, 1.807) is 0 Å². The third-order valence-corrected chi connectivity index (χ3v) is 3.49. The number of aliphatic hydroxyl groups excluding tert-OH is 1. The Morgan fingerprint density at radius 3 is 2.79 bits per heavy atom. The molecule has 0 atom stereocenters. The second kappa shape index (κ2) is 4.66. The molecule has 5 heteroatoms. The first-order valence-electron chi connectivity index (χ1n) is 6.52. The van der Waals surface area contributed by atoms with Gasteiger partial charge in [0, 0.05) is 19.5 Å². The van der Waals surface area contributed by atoms with Gasteiger partial charge in [-0.1, -0.05) is 6.07 Å². The Hall–Kier alpha value is -1.88. The van der Waals surface area contributed by atoms with Crippen LogP contribution in [0.5, 0.6) is 5.88 Å². The van der Waals surface area contributed by atoms with Crippen molar-refractivity contribution in [2.24, 2.45) is 0 Å². The van der Waals surface area contributed by atoms with Crippen molar-refractivity contribution >= 4 is 16.6 Å². The summed E-state index contributed by atoms with van der Waals surface area (Å²) >= 11 is 0. The van der Waals surface area contributed by atoms with Crippen LogP contribution in [0.3, 0.4) is 0 Å². The summed E-state index contributed by atoms with van der Waals surface area (Å²) < 4.78 is 0. The molecule has 0 bridgehead atoms. The van der Waals surface area contributed by atoms with Gasteiger partial charge in [-0.25, -0.2) is 4.98 Å². The van der Waals surface area contributed by atoms with Gasteiger partial charge < -0.3 is 15.1 Å². The van der Waals surface area contributed by atoms with Crippen molar-refractivity contribution in [3.8, 4) is 5.88 Å². The van der Waals surface area contributed by atoms with Crippen molar-refractivity contribution in [1.29, 1.82) is 0 Å². The van der Waals surface area contributed by atoms with E-state index >= 15 is 0 Å².